The van der Waals surface area contributed by atoms with Crippen LogP contribution in [-0.2, 0) is 14.3 Å². The minimum atomic E-state index is -0.807. The molecule has 2 N–H and O–H groups in total. The zero-order chi connectivity index (χ0) is 22.5. The zero-order valence-electron chi connectivity index (χ0n) is 17.9. The van der Waals surface area contributed by atoms with Crippen LogP contribution < -0.4 is 4.74 Å². The number of carbonyl (C=O) groups excluding carboxylic acids is 2. The molecule has 0 aromatic heterocycles. The van der Waals surface area contributed by atoms with Crippen molar-refractivity contribution in [3.63, 3.8) is 0 Å². The molecule has 0 unspecified atom stereocenters. The molecule has 1 atom stereocenters. The molecule has 1 saturated heterocycles. The van der Waals surface area contributed by atoms with Gasteiger partial charge in [0.1, 0.15) is 5.76 Å². The van der Waals surface area contributed by atoms with Crippen LogP contribution >= 0.6 is 0 Å². The van der Waals surface area contributed by atoms with E-state index in [0.29, 0.717) is 30.8 Å². The number of nitrogens with zero attached hydrogens (tertiary/aromatic N) is 1. The number of aromatic hydroxyl groups is 1. The number of aryl methyl sites for hydroxylation is 1. The number of phenols is 1. The van der Waals surface area contributed by atoms with Crippen molar-refractivity contribution in [3.05, 3.63) is 64.7 Å². The van der Waals surface area contributed by atoms with Gasteiger partial charge in [-0.1, -0.05) is 35.9 Å². The Morgan fingerprint density at radius 3 is 2.48 bits per heavy atom. The van der Waals surface area contributed by atoms with E-state index in [1.165, 1.54) is 11.0 Å². The van der Waals surface area contributed by atoms with Crippen LogP contribution in [0.2, 0.25) is 0 Å². The molecular weight excluding hydrogens is 398 g/mol. The molecule has 1 heterocycles. The van der Waals surface area contributed by atoms with Crippen molar-refractivity contribution in [2.45, 2.75) is 26.3 Å². The molecule has 1 aliphatic rings. The van der Waals surface area contributed by atoms with Gasteiger partial charge in [0.05, 0.1) is 18.2 Å². The smallest absolute Gasteiger partial charge is 0.295 e. The van der Waals surface area contributed by atoms with Crippen molar-refractivity contribution in [1.29, 1.82) is 0 Å². The maximum absolute atomic E-state index is 13.0. The average Bonchev–Trinajstić information content (AvgIpc) is 3.01. The predicted octanol–water partition coefficient (Wildman–Crippen LogP) is 3.56. The number of aliphatic hydroxyl groups is 1. The van der Waals surface area contributed by atoms with Gasteiger partial charge in [0, 0.05) is 25.8 Å². The molecule has 1 aliphatic heterocycles. The first-order chi connectivity index (χ1) is 14.9. The van der Waals surface area contributed by atoms with E-state index in [9.17, 15) is 19.8 Å². The lowest BCUT2D eigenvalue weighted by atomic mass is 9.94. The number of methoxy groups -OCH3 is 1. The van der Waals surface area contributed by atoms with Gasteiger partial charge in [0.2, 0.25) is 0 Å². The van der Waals surface area contributed by atoms with Gasteiger partial charge in [0.15, 0.2) is 11.5 Å². The van der Waals surface area contributed by atoms with Gasteiger partial charge in [-0.05, 0) is 38.0 Å². The summed E-state index contributed by atoms with van der Waals surface area (Å²) in [5.74, 6) is -1.45. The number of benzene rings is 2. The first-order valence-electron chi connectivity index (χ1n) is 10.2. The second-order valence-corrected chi connectivity index (χ2v) is 7.37. The molecule has 7 heteroatoms. The fourth-order valence-electron chi connectivity index (χ4n) is 3.68. The number of Topliss-reactive ketones (excluding diaryl/α,β-unsaturated/α-hetero) is 1. The summed E-state index contributed by atoms with van der Waals surface area (Å²) in [6.45, 7) is 4.76. The number of carbonyl (C=O) groups is 2. The van der Waals surface area contributed by atoms with Crippen LogP contribution in [0.5, 0.6) is 11.5 Å². The van der Waals surface area contributed by atoms with Crippen LogP contribution in [0.25, 0.3) is 5.76 Å². The third kappa shape index (κ3) is 4.56. The molecular formula is C24H27NO6. The van der Waals surface area contributed by atoms with Crippen LogP contribution in [0.4, 0.5) is 0 Å². The Morgan fingerprint density at radius 2 is 1.84 bits per heavy atom. The highest BCUT2D eigenvalue weighted by Gasteiger charge is 2.46. The Bertz CT molecular complexity index is 996. The summed E-state index contributed by atoms with van der Waals surface area (Å²) in [5, 5.41) is 21.1. The van der Waals surface area contributed by atoms with Crippen LogP contribution in [-0.4, -0.2) is 53.7 Å². The van der Waals surface area contributed by atoms with Gasteiger partial charge in [-0.15, -0.1) is 0 Å². The van der Waals surface area contributed by atoms with E-state index < -0.39 is 17.7 Å². The lowest BCUT2D eigenvalue weighted by Gasteiger charge is -2.25. The molecule has 0 spiro atoms. The number of ketones is 1. The summed E-state index contributed by atoms with van der Waals surface area (Å²) in [5.41, 5.74) is 2.04. The van der Waals surface area contributed by atoms with Crippen molar-refractivity contribution >= 4 is 17.4 Å². The van der Waals surface area contributed by atoms with Gasteiger partial charge in [-0.2, -0.15) is 0 Å². The maximum Gasteiger partial charge on any atom is 0.295 e. The van der Waals surface area contributed by atoms with E-state index in [1.807, 2.05) is 19.1 Å². The molecule has 31 heavy (non-hydrogen) atoms. The summed E-state index contributed by atoms with van der Waals surface area (Å²) in [7, 11) is 1.57. The molecule has 7 nitrogen and oxygen atoms in total. The Kier molecular flexibility index (Phi) is 6.97. The number of ether oxygens (including phenoxy) is 2. The van der Waals surface area contributed by atoms with Crippen LogP contribution in [0.1, 0.15) is 36.1 Å². The second-order valence-electron chi connectivity index (χ2n) is 7.37. The second kappa shape index (κ2) is 9.66. The Balaban J connectivity index is 2.14. The largest absolute Gasteiger partial charge is 0.507 e. The number of aliphatic hydroxyl groups excluding tert-OH is 1. The van der Waals surface area contributed by atoms with Gasteiger partial charge in [-0.3, -0.25) is 9.59 Å². The molecule has 0 aliphatic carbocycles. The van der Waals surface area contributed by atoms with Gasteiger partial charge in [0.25, 0.3) is 11.7 Å². The monoisotopic (exact) mass is 425 g/mol. The fourth-order valence-corrected chi connectivity index (χ4v) is 3.68. The van der Waals surface area contributed by atoms with E-state index >= 15 is 0 Å². The van der Waals surface area contributed by atoms with Crippen LogP contribution in [0.3, 0.4) is 0 Å². The highest BCUT2D eigenvalue weighted by molar-refractivity contribution is 6.46. The van der Waals surface area contributed by atoms with Crippen LogP contribution in [0, 0.1) is 6.92 Å². The van der Waals surface area contributed by atoms with E-state index in [4.69, 9.17) is 9.47 Å². The number of likely N-dealkylation sites (tertiary alicyclic amines) is 1. The third-order valence-corrected chi connectivity index (χ3v) is 5.21. The molecule has 164 valence electrons. The summed E-state index contributed by atoms with van der Waals surface area (Å²) in [4.78, 5) is 27.3. The summed E-state index contributed by atoms with van der Waals surface area (Å²) < 4.78 is 10.6. The van der Waals surface area contributed by atoms with E-state index in [2.05, 4.69) is 0 Å². The zero-order valence-corrected chi connectivity index (χ0v) is 17.9. The highest BCUT2D eigenvalue weighted by atomic mass is 16.5. The van der Waals surface area contributed by atoms with E-state index in [0.717, 1.165) is 5.56 Å². The molecule has 1 fully saturated rings. The first kappa shape index (κ1) is 22.4. The minimum absolute atomic E-state index is 0.0133. The summed E-state index contributed by atoms with van der Waals surface area (Å²) in [6, 6.07) is 10.9. The number of hydrogen-bond acceptors (Lipinski definition) is 6. The summed E-state index contributed by atoms with van der Waals surface area (Å²) in [6.07, 6.45) is 0.529. The first-order valence-corrected chi connectivity index (χ1v) is 10.2. The standard InChI is InChI=1S/C24H27NO6/c1-4-31-19-14-17(10-11-18(19)26)21-20(22(27)16-8-6-15(2)7-9-16)23(28)24(29)25(21)12-5-13-30-3/h6-11,14,21,26-27H,4-5,12-13H2,1-3H3/t21-/m1/s1. The quantitative estimate of drug-likeness (QED) is 0.291. The molecule has 2 aromatic rings. The van der Waals surface area contributed by atoms with Crippen molar-refractivity contribution in [1.82, 2.24) is 4.90 Å². The highest BCUT2D eigenvalue weighted by Crippen LogP contribution is 2.41. The Morgan fingerprint density at radius 1 is 1.13 bits per heavy atom. The van der Waals surface area contributed by atoms with Crippen molar-refractivity contribution in [2.75, 3.05) is 26.9 Å². The predicted molar refractivity (Wildman–Crippen MR) is 116 cm³/mol. The Labute approximate surface area is 181 Å². The Hall–Kier alpha value is -3.32. The lowest BCUT2D eigenvalue weighted by Crippen LogP contribution is -2.31. The lowest BCUT2D eigenvalue weighted by molar-refractivity contribution is -0.140. The average molecular weight is 425 g/mol. The molecule has 0 radical (unpaired) electrons. The normalized spacial score (nSPS) is 17.9. The topological polar surface area (TPSA) is 96.3 Å². The minimum Gasteiger partial charge on any atom is -0.507 e. The fraction of sp³-hybridized carbons (Fsp3) is 0.333. The van der Waals surface area contributed by atoms with Crippen LogP contribution in [0.15, 0.2) is 48.0 Å². The molecule has 2 aromatic carbocycles. The number of hydrogen-bond donors (Lipinski definition) is 2. The van der Waals surface area contributed by atoms with E-state index in [1.54, 1.807) is 38.3 Å². The number of rotatable bonds is 8. The number of phenolic OH excluding ortho intramolecular Hbond substituents is 1. The van der Waals surface area contributed by atoms with Gasteiger partial charge in [-0.25, -0.2) is 0 Å². The van der Waals surface area contributed by atoms with Gasteiger partial charge >= 0.3 is 0 Å². The third-order valence-electron chi connectivity index (χ3n) is 5.21. The molecule has 0 bridgehead atoms. The summed E-state index contributed by atoms with van der Waals surface area (Å²) >= 11 is 0. The van der Waals surface area contributed by atoms with Crippen molar-refractivity contribution in [2.24, 2.45) is 0 Å². The van der Waals surface area contributed by atoms with Gasteiger partial charge < -0.3 is 24.6 Å². The number of amides is 1. The molecule has 0 saturated carbocycles. The SMILES string of the molecule is CCOc1cc([C@@H]2C(=C(O)c3ccc(C)cc3)C(=O)C(=O)N2CCCOC)ccc1O. The van der Waals surface area contributed by atoms with Crippen molar-refractivity contribution < 1.29 is 29.3 Å². The maximum atomic E-state index is 13.0. The molecule has 1 amide bonds. The van der Waals surface area contributed by atoms with Crippen molar-refractivity contribution in [3.8, 4) is 11.5 Å². The molecule has 3 rings (SSSR count). The van der Waals surface area contributed by atoms with E-state index in [-0.39, 0.29) is 29.4 Å².